The number of hydrogen-bond donors (Lipinski definition) is 0. The summed E-state index contributed by atoms with van der Waals surface area (Å²) in [6, 6.07) is 4.07. The molecule has 0 aromatic carbocycles. The number of carbonyl (C=O) groups excluding carboxylic acids is 1. The van der Waals surface area contributed by atoms with Crippen LogP contribution in [0, 0.1) is 0 Å². The van der Waals surface area contributed by atoms with Gasteiger partial charge in [-0.05, 0) is 32.9 Å². The van der Waals surface area contributed by atoms with Crippen LogP contribution in [-0.4, -0.2) is 52.0 Å². The molecule has 148 valence electrons. The largest absolute Gasteiger partial charge is 0.383 e. The van der Waals surface area contributed by atoms with E-state index in [-0.39, 0.29) is 18.1 Å². The Balaban J connectivity index is 1.92. The first-order valence-electron chi connectivity index (χ1n) is 9.59. The van der Waals surface area contributed by atoms with Crippen LogP contribution in [0.3, 0.4) is 0 Å². The summed E-state index contributed by atoms with van der Waals surface area (Å²) >= 11 is 0. The molecule has 3 rings (SSSR count). The van der Waals surface area contributed by atoms with E-state index in [1.807, 2.05) is 33.2 Å². The van der Waals surface area contributed by atoms with Gasteiger partial charge in [-0.15, -0.1) is 0 Å². The van der Waals surface area contributed by atoms with Gasteiger partial charge in [-0.25, -0.2) is 0 Å². The van der Waals surface area contributed by atoms with E-state index >= 15 is 0 Å². The molecule has 7 nitrogen and oxygen atoms in total. The van der Waals surface area contributed by atoms with Crippen LogP contribution in [0.5, 0.6) is 0 Å². The number of aromatic nitrogens is 3. The van der Waals surface area contributed by atoms with E-state index in [1.54, 1.807) is 16.7 Å². The minimum atomic E-state index is -0.110. The first-order chi connectivity index (χ1) is 13.0. The molecule has 1 amide bonds. The normalized spacial score (nSPS) is 19.1. The summed E-state index contributed by atoms with van der Waals surface area (Å²) in [7, 11) is 3.51. The lowest BCUT2D eigenvalue weighted by molar-refractivity contribution is -0.00720. The molecule has 0 fully saturated rings. The molecule has 2 aromatic heterocycles. The van der Waals surface area contributed by atoms with Crippen LogP contribution in [0.1, 0.15) is 54.3 Å². The summed E-state index contributed by atoms with van der Waals surface area (Å²) in [6.45, 7) is 8.64. The minimum absolute atomic E-state index is 0.00925. The minimum Gasteiger partial charge on any atom is -0.383 e. The Labute approximate surface area is 160 Å². The predicted molar refractivity (Wildman–Crippen MR) is 103 cm³/mol. The summed E-state index contributed by atoms with van der Waals surface area (Å²) in [5, 5.41) is 4.70. The second kappa shape index (κ2) is 8.27. The Kier molecular flexibility index (Phi) is 6.01. The third-order valence-electron chi connectivity index (χ3n) is 5.11. The predicted octanol–water partition coefficient (Wildman–Crippen LogP) is 2.65. The Morgan fingerprint density at radius 1 is 1.44 bits per heavy atom. The van der Waals surface area contributed by atoms with Crippen molar-refractivity contribution in [2.24, 2.45) is 0 Å². The monoisotopic (exact) mass is 374 g/mol. The van der Waals surface area contributed by atoms with Gasteiger partial charge in [0.1, 0.15) is 5.69 Å². The zero-order valence-electron chi connectivity index (χ0n) is 16.9. The van der Waals surface area contributed by atoms with Crippen LogP contribution in [0.4, 0.5) is 0 Å². The molecular formula is C20H30N4O3. The number of amides is 1. The van der Waals surface area contributed by atoms with Crippen molar-refractivity contribution in [3.8, 4) is 0 Å². The fraction of sp³-hybridized carbons (Fsp3) is 0.600. The van der Waals surface area contributed by atoms with Gasteiger partial charge >= 0.3 is 0 Å². The summed E-state index contributed by atoms with van der Waals surface area (Å²) in [5.41, 5.74) is 3.68. The molecule has 0 N–H and O–H groups in total. The number of methoxy groups -OCH3 is 1. The van der Waals surface area contributed by atoms with Crippen molar-refractivity contribution >= 4 is 5.91 Å². The maximum atomic E-state index is 13.4. The smallest absolute Gasteiger partial charge is 0.272 e. The highest BCUT2D eigenvalue weighted by atomic mass is 16.5. The Hall–Kier alpha value is -2.12. The molecule has 0 aliphatic carbocycles. The first kappa shape index (κ1) is 19.6. The highest BCUT2D eigenvalue weighted by Gasteiger charge is 2.33. The van der Waals surface area contributed by atoms with E-state index < -0.39 is 0 Å². The summed E-state index contributed by atoms with van der Waals surface area (Å²) in [6.07, 6.45) is 2.70. The van der Waals surface area contributed by atoms with Gasteiger partial charge in [0.25, 0.3) is 5.91 Å². The van der Waals surface area contributed by atoms with Gasteiger partial charge < -0.3 is 18.9 Å². The fourth-order valence-electron chi connectivity index (χ4n) is 3.77. The number of fused-ring (bicyclic) bond motifs is 1. The van der Waals surface area contributed by atoms with Gasteiger partial charge in [-0.3, -0.25) is 9.48 Å². The number of nitrogens with zero attached hydrogens (tertiary/aromatic N) is 4. The molecule has 0 saturated carbocycles. The van der Waals surface area contributed by atoms with Crippen molar-refractivity contribution in [3.63, 3.8) is 0 Å². The topological polar surface area (TPSA) is 61.5 Å². The molecule has 1 aliphatic rings. The molecule has 7 heteroatoms. The number of hydrogen-bond acceptors (Lipinski definition) is 4. The van der Waals surface area contributed by atoms with Gasteiger partial charge in [-0.1, -0.05) is 0 Å². The van der Waals surface area contributed by atoms with Crippen molar-refractivity contribution in [1.29, 1.82) is 0 Å². The third kappa shape index (κ3) is 3.94. The Bertz CT molecular complexity index is 795. The van der Waals surface area contributed by atoms with Crippen LogP contribution in [0.15, 0.2) is 18.3 Å². The van der Waals surface area contributed by atoms with E-state index in [9.17, 15) is 4.79 Å². The van der Waals surface area contributed by atoms with E-state index in [0.29, 0.717) is 31.8 Å². The van der Waals surface area contributed by atoms with Crippen LogP contribution < -0.4 is 0 Å². The molecule has 2 aromatic rings. The molecule has 0 saturated heterocycles. The average Bonchev–Trinajstić information content (AvgIpc) is 3.23. The Morgan fingerprint density at radius 2 is 2.22 bits per heavy atom. The van der Waals surface area contributed by atoms with Gasteiger partial charge in [-0.2, -0.15) is 5.10 Å². The lowest BCUT2D eigenvalue weighted by atomic mass is 9.99. The van der Waals surface area contributed by atoms with Crippen molar-refractivity contribution < 1.29 is 14.3 Å². The van der Waals surface area contributed by atoms with Gasteiger partial charge in [0.2, 0.25) is 0 Å². The first-order valence-corrected chi connectivity index (χ1v) is 9.59. The zero-order chi connectivity index (χ0) is 19.6. The van der Waals surface area contributed by atoms with Gasteiger partial charge in [0.15, 0.2) is 0 Å². The molecular weight excluding hydrogens is 344 g/mol. The van der Waals surface area contributed by atoms with Gasteiger partial charge in [0, 0.05) is 44.6 Å². The SMILES string of the molecule is CCn1cccc1CN(C)C(=O)c1c2c(nn1CCOC)[C@H](C)O[C@H](C)C2. The van der Waals surface area contributed by atoms with E-state index in [4.69, 9.17) is 14.6 Å². The molecule has 0 bridgehead atoms. The highest BCUT2D eigenvalue weighted by molar-refractivity contribution is 5.94. The zero-order valence-corrected chi connectivity index (χ0v) is 16.9. The molecule has 3 heterocycles. The van der Waals surface area contributed by atoms with Crippen molar-refractivity contribution in [2.75, 3.05) is 20.8 Å². The molecule has 1 aliphatic heterocycles. The molecule has 0 radical (unpaired) electrons. The third-order valence-corrected chi connectivity index (χ3v) is 5.11. The van der Waals surface area contributed by atoms with E-state index in [2.05, 4.69) is 17.6 Å². The van der Waals surface area contributed by atoms with E-state index in [1.165, 1.54) is 0 Å². The average molecular weight is 374 g/mol. The molecule has 0 unspecified atom stereocenters. The fourth-order valence-corrected chi connectivity index (χ4v) is 3.77. The van der Waals surface area contributed by atoms with Gasteiger partial charge in [0.05, 0.1) is 37.6 Å². The van der Waals surface area contributed by atoms with Crippen LogP contribution >= 0.6 is 0 Å². The number of rotatable bonds is 7. The lowest BCUT2D eigenvalue weighted by Gasteiger charge is -2.25. The lowest BCUT2D eigenvalue weighted by Crippen LogP contribution is -2.31. The standard InChI is InChI=1S/C20H30N4O3/c1-6-23-9-7-8-16(23)13-22(4)20(25)19-17-12-14(2)27-15(3)18(17)21-24(19)10-11-26-5/h7-9,14-15H,6,10-13H2,1-5H3/t14-,15+/m1/s1. The summed E-state index contributed by atoms with van der Waals surface area (Å²) in [5.74, 6) is -0.00925. The van der Waals surface area contributed by atoms with Crippen LogP contribution in [0.25, 0.3) is 0 Å². The highest BCUT2D eigenvalue weighted by Crippen LogP contribution is 2.32. The molecule has 0 spiro atoms. The van der Waals surface area contributed by atoms with Crippen molar-refractivity contribution in [2.45, 2.75) is 59.0 Å². The number of carbonyl (C=O) groups is 1. The Morgan fingerprint density at radius 3 is 2.93 bits per heavy atom. The summed E-state index contributed by atoms with van der Waals surface area (Å²) in [4.78, 5) is 15.1. The quantitative estimate of drug-likeness (QED) is 0.747. The van der Waals surface area contributed by atoms with E-state index in [0.717, 1.165) is 23.5 Å². The van der Waals surface area contributed by atoms with Crippen LogP contribution in [0.2, 0.25) is 0 Å². The molecule has 27 heavy (non-hydrogen) atoms. The number of ether oxygens (including phenoxy) is 2. The van der Waals surface area contributed by atoms with Crippen LogP contribution in [-0.2, 0) is 35.5 Å². The maximum Gasteiger partial charge on any atom is 0.272 e. The second-order valence-corrected chi connectivity index (χ2v) is 7.17. The molecule has 2 atom stereocenters. The number of aryl methyl sites for hydroxylation is 1. The van der Waals surface area contributed by atoms with Crippen molar-refractivity contribution in [3.05, 3.63) is 41.0 Å². The second-order valence-electron chi connectivity index (χ2n) is 7.17. The maximum absolute atomic E-state index is 13.4. The van der Waals surface area contributed by atoms with Crippen molar-refractivity contribution in [1.82, 2.24) is 19.2 Å². The summed E-state index contributed by atoms with van der Waals surface area (Å²) < 4.78 is 15.1.